The van der Waals surface area contributed by atoms with Crippen LogP contribution in [0, 0.1) is 0 Å². The van der Waals surface area contributed by atoms with Gasteiger partial charge in [-0.05, 0) is 62.3 Å². The van der Waals surface area contributed by atoms with Gasteiger partial charge < -0.3 is 14.5 Å². The maximum absolute atomic E-state index is 12.6. The molecule has 7 nitrogen and oxygen atoms in total. The topological polar surface area (TPSA) is 88.9 Å². The summed E-state index contributed by atoms with van der Waals surface area (Å²) in [4.78, 5) is 14.8. The quantitative estimate of drug-likeness (QED) is 0.680. The molecule has 1 N–H and O–H groups in total. The Kier molecular flexibility index (Phi) is 5.98. The SMILES string of the molecule is O=C(N[C@H]1CS(=O)(=O)C[C@H]1N1CCCC1)c1ccc(COc2ccc(Br)cc2)o1. The van der Waals surface area contributed by atoms with Gasteiger partial charge >= 0.3 is 0 Å². The van der Waals surface area contributed by atoms with Gasteiger partial charge in [0.15, 0.2) is 15.6 Å². The molecule has 2 aromatic rings. The van der Waals surface area contributed by atoms with Gasteiger partial charge in [-0.15, -0.1) is 0 Å². The molecule has 2 aliphatic rings. The summed E-state index contributed by atoms with van der Waals surface area (Å²) in [5, 5.41) is 2.87. The number of sulfone groups is 1. The molecule has 0 spiro atoms. The highest BCUT2D eigenvalue weighted by Gasteiger charge is 2.42. The van der Waals surface area contributed by atoms with Crippen molar-refractivity contribution >= 4 is 31.7 Å². The average Bonchev–Trinajstić information content (AvgIpc) is 3.41. The van der Waals surface area contributed by atoms with Crippen LogP contribution in [0.1, 0.15) is 29.2 Å². The van der Waals surface area contributed by atoms with Crippen molar-refractivity contribution in [2.24, 2.45) is 0 Å². The Morgan fingerprint density at radius 2 is 1.86 bits per heavy atom. The van der Waals surface area contributed by atoms with E-state index in [2.05, 4.69) is 26.1 Å². The summed E-state index contributed by atoms with van der Waals surface area (Å²) in [6.45, 7) is 1.96. The van der Waals surface area contributed by atoms with Crippen molar-refractivity contribution in [2.45, 2.75) is 31.5 Å². The highest BCUT2D eigenvalue weighted by Crippen LogP contribution is 2.23. The number of carbonyl (C=O) groups excluding carboxylic acids is 1. The Bertz CT molecular complexity index is 967. The summed E-state index contributed by atoms with van der Waals surface area (Å²) in [5.41, 5.74) is 0. The van der Waals surface area contributed by atoms with Gasteiger partial charge in [-0.25, -0.2) is 8.42 Å². The number of amides is 1. The Morgan fingerprint density at radius 1 is 1.14 bits per heavy atom. The molecule has 0 radical (unpaired) electrons. The molecule has 2 aliphatic heterocycles. The van der Waals surface area contributed by atoms with E-state index < -0.39 is 21.8 Å². The molecule has 0 unspecified atom stereocenters. The van der Waals surface area contributed by atoms with E-state index in [0.29, 0.717) is 11.5 Å². The van der Waals surface area contributed by atoms with Gasteiger partial charge in [0.05, 0.1) is 17.5 Å². The van der Waals surface area contributed by atoms with E-state index in [1.54, 1.807) is 12.1 Å². The van der Waals surface area contributed by atoms with Crippen LogP contribution in [0.4, 0.5) is 0 Å². The standard InChI is InChI=1S/C20H23BrN2O5S/c21-14-3-5-15(6-4-14)27-11-16-7-8-19(28-16)20(24)22-17-12-29(25,26)13-18(17)23-9-1-2-10-23/h3-8,17-18H,1-2,9-13H2,(H,22,24)/t17-,18+/m0/s1. The van der Waals surface area contributed by atoms with Gasteiger partial charge in [0, 0.05) is 10.5 Å². The molecule has 156 valence electrons. The van der Waals surface area contributed by atoms with Gasteiger partial charge in [0.1, 0.15) is 18.1 Å². The number of benzene rings is 1. The number of hydrogen-bond acceptors (Lipinski definition) is 6. The summed E-state index contributed by atoms with van der Waals surface area (Å²) >= 11 is 3.37. The number of halogens is 1. The molecule has 29 heavy (non-hydrogen) atoms. The van der Waals surface area contributed by atoms with Crippen molar-refractivity contribution < 1.29 is 22.4 Å². The van der Waals surface area contributed by atoms with Gasteiger partial charge in [0.2, 0.25) is 0 Å². The Labute approximate surface area is 178 Å². The predicted octanol–water partition coefficient (Wildman–Crippen LogP) is 2.61. The summed E-state index contributed by atoms with van der Waals surface area (Å²) in [7, 11) is -3.16. The third-order valence-corrected chi connectivity index (χ3v) is 7.57. The summed E-state index contributed by atoms with van der Waals surface area (Å²) in [5.74, 6) is 1.05. The first kappa shape index (κ1) is 20.4. The van der Waals surface area contributed by atoms with Crippen molar-refractivity contribution in [3.8, 4) is 5.75 Å². The smallest absolute Gasteiger partial charge is 0.287 e. The molecule has 0 bridgehead atoms. The molecule has 4 rings (SSSR count). The van der Waals surface area contributed by atoms with Gasteiger partial charge in [-0.2, -0.15) is 0 Å². The zero-order chi connectivity index (χ0) is 20.4. The minimum Gasteiger partial charge on any atom is -0.486 e. The van der Waals surface area contributed by atoms with E-state index in [4.69, 9.17) is 9.15 Å². The normalized spacial score (nSPS) is 23.9. The van der Waals surface area contributed by atoms with Crippen molar-refractivity contribution in [3.63, 3.8) is 0 Å². The summed E-state index contributed by atoms with van der Waals surface area (Å²) in [6, 6.07) is 10.1. The maximum atomic E-state index is 12.6. The number of rotatable bonds is 6. The number of furan rings is 1. The second kappa shape index (κ2) is 8.49. The van der Waals surface area contributed by atoms with E-state index in [9.17, 15) is 13.2 Å². The minimum absolute atomic E-state index is 0.0276. The van der Waals surface area contributed by atoms with Gasteiger partial charge in [-0.1, -0.05) is 15.9 Å². The molecule has 1 amide bonds. The second-order valence-electron chi connectivity index (χ2n) is 7.48. The lowest BCUT2D eigenvalue weighted by molar-refractivity contribution is 0.0886. The first-order valence-corrected chi connectivity index (χ1v) is 12.2. The van der Waals surface area contributed by atoms with Crippen LogP contribution < -0.4 is 10.1 Å². The lowest BCUT2D eigenvalue weighted by Gasteiger charge is -2.28. The van der Waals surface area contributed by atoms with Crippen LogP contribution in [0.25, 0.3) is 0 Å². The zero-order valence-corrected chi connectivity index (χ0v) is 18.2. The Balaban J connectivity index is 1.37. The molecule has 1 aromatic carbocycles. The van der Waals surface area contributed by atoms with Crippen molar-refractivity contribution in [1.82, 2.24) is 10.2 Å². The van der Waals surface area contributed by atoms with Crippen molar-refractivity contribution in [2.75, 3.05) is 24.6 Å². The van der Waals surface area contributed by atoms with E-state index >= 15 is 0 Å². The van der Waals surface area contributed by atoms with E-state index in [-0.39, 0.29) is 29.9 Å². The van der Waals surface area contributed by atoms with E-state index in [1.165, 1.54) is 0 Å². The molecule has 3 heterocycles. The lowest BCUT2D eigenvalue weighted by Crippen LogP contribution is -2.50. The highest BCUT2D eigenvalue weighted by molar-refractivity contribution is 9.10. The van der Waals surface area contributed by atoms with Crippen LogP contribution in [0.5, 0.6) is 5.75 Å². The number of nitrogens with one attached hydrogen (secondary N) is 1. The van der Waals surface area contributed by atoms with Crippen molar-refractivity contribution in [3.05, 3.63) is 52.4 Å². The summed E-state index contributed by atoms with van der Waals surface area (Å²) in [6.07, 6.45) is 2.13. The fourth-order valence-corrected chi connectivity index (χ4v) is 6.12. The van der Waals surface area contributed by atoms with Gasteiger partial charge in [0.25, 0.3) is 5.91 Å². The Hall–Kier alpha value is -1.84. The number of likely N-dealkylation sites (tertiary alicyclic amines) is 1. The fourth-order valence-electron chi connectivity index (χ4n) is 3.90. The molecule has 2 saturated heterocycles. The monoisotopic (exact) mass is 482 g/mol. The number of ether oxygens (including phenoxy) is 1. The second-order valence-corrected chi connectivity index (χ2v) is 10.5. The molecule has 2 atom stereocenters. The van der Waals surface area contributed by atoms with Crippen LogP contribution in [0.3, 0.4) is 0 Å². The van der Waals surface area contributed by atoms with Crippen LogP contribution in [-0.2, 0) is 16.4 Å². The van der Waals surface area contributed by atoms with E-state index in [1.807, 2.05) is 24.3 Å². The van der Waals surface area contributed by atoms with Crippen LogP contribution in [-0.4, -0.2) is 55.9 Å². The van der Waals surface area contributed by atoms with Crippen molar-refractivity contribution in [1.29, 1.82) is 0 Å². The third kappa shape index (κ3) is 5.02. The number of nitrogens with zero attached hydrogens (tertiary/aromatic N) is 1. The van der Waals surface area contributed by atoms with Gasteiger partial charge in [-0.3, -0.25) is 9.69 Å². The fraction of sp³-hybridized carbons (Fsp3) is 0.450. The molecular formula is C20H23BrN2O5S. The zero-order valence-electron chi connectivity index (χ0n) is 15.8. The first-order valence-electron chi connectivity index (χ1n) is 9.62. The molecule has 0 saturated carbocycles. The molecule has 9 heteroatoms. The molecule has 2 fully saturated rings. The first-order chi connectivity index (χ1) is 13.9. The predicted molar refractivity (Wildman–Crippen MR) is 112 cm³/mol. The molecule has 0 aliphatic carbocycles. The number of hydrogen-bond donors (Lipinski definition) is 1. The van der Waals surface area contributed by atoms with E-state index in [0.717, 1.165) is 30.4 Å². The summed E-state index contributed by atoms with van der Waals surface area (Å²) < 4.78 is 36.5. The maximum Gasteiger partial charge on any atom is 0.287 e. The number of carbonyl (C=O) groups is 1. The third-order valence-electron chi connectivity index (χ3n) is 5.33. The molecular weight excluding hydrogens is 460 g/mol. The van der Waals surface area contributed by atoms with Crippen LogP contribution >= 0.6 is 15.9 Å². The average molecular weight is 483 g/mol. The largest absolute Gasteiger partial charge is 0.486 e. The highest BCUT2D eigenvalue weighted by atomic mass is 79.9. The molecule has 1 aromatic heterocycles. The van der Waals surface area contributed by atoms with Crippen LogP contribution in [0.2, 0.25) is 0 Å². The Morgan fingerprint density at radius 3 is 2.59 bits per heavy atom. The van der Waals surface area contributed by atoms with Crippen LogP contribution in [0.15, 0.2) is 45.3 Å². The lowest BCUT2D eigenvalue weighted by atomic mass is 10.1. The minimum atomic E-state index is -3.16.